The summed E-state index contributed by atoms with van der Waals surface area (Å²) in [6.45, 7) is 2.92. The second kappa shape index (κ2) is 12.7. The van der Waals surface area contributed by atoms with Crippen LogP contribution in [0.5, 0.6) is 11.5 Å². The lowest BCUT2D eigenvalue weighted by Crippen LogP contribution is -2.25. The molecule has 0 aliphatic carbocycles. The molecule has 0 bridgehead atoms. The molecule has 0 unspecified atom stereocenters. The van der Waals surface area contributed by atoms with E-state index in [1.807, 2.05) is 61.5 Å². The predicted octanol–water partition coefficient (Wildman–Crippen LogP) is 6.75. The molecular formula is C28H25BrIN3O3. The Balaban J connectivity index is 1.40. The quantitative estimate of drug-likeness (QED) is 0.113. The third-order valence-corrected chi connectivity index (χ3v) is 6.59. The molecule has 6 nitrogen and oxygen atoms in total. The van der Waals surface area contributed by atoms with Crippen LogP contribution in [0, 0.1) is 3.57 Å². The number of rotatable bonds is 10. The fraction of sp³-hybridized carbons (Fsp3) is 0.143. The van der Waals surface area contributed by atoms with Crippen molar-refractivity contribution in [2.75, 3.05) is 18.5 Å². The highest BCUT2D eigenvalue weighted by atomic mass is 127. The number of carbonyl (C=O) groups is 1. The fourth-order valence-electron chi connectivity index (χ4n) is 3.60. The highest BCUT2D eigenvalue weighted by Gasteiger charge is 2.13. The van der Waals surface area contributed by atoms with Gasteiger partial charge in [0.15, 0.2) is 11.5 Å². The van der Waals surface area contributed by atoms with Gasteiger partial charge in [0.05, 0.1) is 23.8 Å². The minimum absolute atomic E-state index is 0.118. The maximum atomic E-state index is 12.1. The zero-order chi connectivity index (χ0) is 25.3. The summed E-state index contributed by atoms with van der Waals surface area (Å²) < 4.78 is 13.9. The fourth-order valence-corrected chi connectivity index (χ4v) is 4.54. The van der Waals surface area contributed by atoms with Crippen molar-refractivity contribution in [1.82, 2.24) is 5.43 Å². The summed E-state index contributed by atoms with van der Waals surface area (Å²) in [7, 11) is 0. The van der Waals surface area contributed by atoms with E-state index in [-0.39, 0.29) is 12.5 Å². The van der Waals surface area contributed by atoms with Crippen molar-refractivity contribution in [2.24, 2.45) is 5.10 Å². The van der Waals surface area contributed by atoms with E-state index in [0.717, 1.165) is 30.2 Å². The van der Waals surface area contributed by atoms with E-state index in [9.17, 15) is 4.79 Å². The molecule has 8 heteroatoms. The Morgan fingerprint density at radius 2 is 1.81 bits per heavy atom. The van der Waals surface area contributed by atoms with Crippen molar-refractivity contribution in [3.8, 4) is 11.5 Å². The van der Waals surface area contributed by atoms with E-state index in [1.54, 1.807) is 6.21 Å². The summed E-state index contributed by atoms with van der Waals surface area (Å²) in [5, 5.41) is 9.48. The molecule has 0 atom stereocenters. The Hall–Kier alpha value is -3.11. The maximum Gasteiger partial charge on any atom is 0.259 e. The number of nitrogens with one attached hydrogen (secondary N) is 2. The van der Waals surface area contributed by atoms with Crippen LogP contribution in [0.2, 0.25) is 0 Å². The van der Waals surface area contributed by atoms with Crippen LogP contribution in [0.15, 0.2) is 88.4 Å². The molecule has 184 valence electrons. The van der Waals surface area contributed by atoms with Crippen LogP contribution in [-0.2, 0) is 11.4 Å². The van der Waals surface area contributed by atoms with Crippen LogP contribution >= 0.6 is 38.5 Å². The molecule has 4 rings (SSSR count). The maximum absolute atomic E-state index is 12.1. The van der Waals surface area contributed by atoms with Crippen molar-refractivity contribution in [3.63, 3.8) is 0 Å². The number of hydrogen-bond acceptors (Lipinski definition) is 5. The first kappa shape index (κ1) is 26.0. The van der Waals surface area contributed by atoms with E-state index in [2.05, 4.69) is 78.6 Å². The Morgan fingerprint density at radius 1 is 1.03 bits per heavy atom. The van der Waals surface area contributed by atoms with Gasteiger partial charge in [0, 0.05) is 9.26 Å². The number of anilines is 1. The van der Waals surface area contributed by atoms with Crippen LogP contribution in [0.4, 0.5) is 5.69 Å². The average Bonchev–Trinajstić information content (AvgIpc) is 2.88. The van der Waals surface area contributed by atoms with Crippen LogP contribution in [0.3, 0.4) is 0 Å². The number of ether oxygens (including phenoxy) is 2. The smallest absolute Gasteiger partial charge is 0.259 e. The molecule has 0 aliphatic heterocycles. The molecule has 1 amide bonds. The molecular weight excluding hydrogens is 633 g/mol. The molecule has 0 spiro atoms. The van der Waals surface area contributed by atoms with E-state index in [0.29, 0.717) is 24.7 Å². The predicted molar refractivity (Wildman–Crippen MR) is 157 cm³/mol. The van der Waals surface area contributed by atoms with Gasteiger partial charge in [-0.3, -0.25) is 4.79 Å². The SMILES string of the molecule is CCOc1cc(/C=N\NC(=O)CNc2ccc(I)cc2)cc(Br)c1OCc1cccc2ccccc12. The van der Waals surface area contributed by atoms with Gasteiger partial charge in [-0.15, -0.1) is 0 Å². The molecule has 0 aliphatic rings. The van der Waals surface area contributed by atoms with Gasteiger partial charge in [-0.1, -0.05) is 42.5 Å². The van der Waals surface area contributed by atoms with Crippen molar-refractivity contribution < 1.29 is 14.3 Å². The molecule has 4 aromatic carbocycles. The monoisotopic (exact) mass is 657 g/mol. The summed E-state index contributed by atoms with van der Waals surface area (Å²) in [5.41, 5.74) is 5.27. The van der Waals surface area contributed by atoms with Crippen molar-refractivity contribution in [1.29, 1.82) is 0 Å². The van der Waals surface area contributed by atoms with Crippen LogP contribution in [0.25, 0.3) is 10.8 Å². The van der Waals surface area contributed by atoms with E-state index in [1.165, 1.54) is 5.39 Å². The first-order valence-electron chi connectivity index (χ1n) is 11.4. The summed E-state index contributed by atoms with van der Waals surface area (Å²) in [5.74, 6) is 0.969. The topological polar surface area (TPSA) is 72.0 Å². The third kappa shape index (κ3) is 6.98. The summed E-state index contributed by atoms with van der Waals surface area (Å²) in [6.07, 6.45) is 1.57. The lowest BCUT2D eigenvalue weighted by Gasteiger charge is -2.15. The number of amides is 1. The molecule has 36 heavy (non-hydrogen) atoms. The van der Waals surface area contributed by atoms with E-state index >= 15 is 0 Å². The molecule has 0 saturated heterocycles. The highest BCUT2D eigenvalue weighted by Crippen LogP contribution is 2.37. The van der Waals surface area contributed by atoms with Crippen molar-refractivity contribution >= 4 is 67.1 Å². The van der Waals surface area contributed by atoms with E-state index < -0.39 is 0 Å². The second-order valence-corrected chi connectivity index (χ2v) is 9.94. The number of carbonyl (C=O) groups excluding carboxylic acids is 1. The van der Waals surface area contributed by atoms with Crippen molar-refractivity contribution in [2.45, 2.75) is 13.5 Å². The number of hydrogen-bond donors (Lipinski definition) is 2. The zero-order valence-electron chi connectivity index (χ0n) is 19.6. The summed E-state index contributed by atoms with van der Waals surface area (Å²) in [4.78, 5) is 12.1. The van der Waals surface area contributed by atoms with Gasteiger partial charge in [-0.25, -0.2) is 5.43 Å². The third-order valence-electron chi connectivity index (χ3n) is 5.28. The van der Waals surface area contributed by atoms with Crippen LogP contribution < -0.4 is 20.2 Å². The Bertz CT molecular complexity index is 1370. The summed E-state index contributed by atoms with van der Waals surface area (Å²) in [6, 6.07) is 25.9. The number of benzene rings is 4. The minimum atomic E-state index is -0.246. The second-order valence-electron chi connectivity index (χ2n) is 7.84. The standard InChI is InChI=1S/C28H25BrIN3O3/c1-2-35-26-15-19(16-32-33-27(34)17-31-23-12-10-22(30)11-13-23)14-25(29)28(26)36-18-21-8-5-7-20-6-3-4-9-24(20)21/h3-16,31H,2,17-18H2,1H3,(H,33,34)/b32-16-. The Morgan fingerprint density at radius 3 is 2.61 bits per heavy atom. The first-order valence-corrected chi connectivity index (χ1v) is 13.3. The molecule has 4 aromatic rings. The van der Waals surface area contributed by atoms with Gasteiger partial charge in [0.1, 0.15) is 6.61 Å². The lowest BCUT2D eigenvalue weighted by atomic mass is 10.1. The molecule has 0 fully saturated rings. The van der Waals surface area contributed by atoms with E-state index in [4.69, 9.17) is 9.47 Å². The number of halogens is 2. The van der Waals surface area contributed by atoms with Crippen molar-refractivity contribution in [3.05, 3.63) is 98.0 Å². The minimum Gasteiger partial charge on any atom is -0.490 e. The van der Waals surface area contributed by atoms with Gasteiger partial charge >= 0.3 is 0 Å². The molecule has 0 radical (unpaired) electrons. The van der Waals surface area contributed by atoms with Gasteiger partial charge in [0.2, 0.25) is 0 Å². The van der Waals surface area contributed by atoms with Crippen LogP contribution in [0.1, 0.15) is 18.1 Å². The normalized spacial score (nSPS) is 11.0. The van der Waals surface area contributed by atoms with Gasteiger partial charge in [-0.2, -0.15) is 5.10 Å². The Kier molecular flexibility index (Phi) is 9.18. The summed E-state index contributed by atoms with van der Waals surface area (Å²) >= 11 is 5.84. The van der Waals surface area contributed by atoms with Gasteiger partial charge in [0.25, 0.3) is 5.91 Å². The average molecular weight is 658 g/mol. The molecule has 0 heterocycles. The zero-order valence-corrected chi connectivity index (χ0v) is 23.4. The lowest BCUT2D eigenvalue weighted by molar-refractivity contribution is -0.119. The molecule has 2 N–H and O–H groups in total. The van der Waals surface area contributed by atoms with Crippen LogP contribution in [-0.4, -0.2) is 25.3 Å². The van der Waals surface area contributed by atoms with Gasteiger partial charge in [-0.05, 0) is 104 Å². The van der Waals surface area contributed by atoms with Gasteiger partial charge < -0.3 is 14.8 Å². The number of nitrogens with zero attached hydrogens (tertiary/aromatic N) is 1. The first-order chi connectivity index (χ1) is 17.5. The number of fused-ring (bicyclic) bond motifs is 1. The molecule has 0 aromatic heterocycles. The highest BCUT2D eigenvalue weighted by molar-refractivity contribution is 14.1. The molecule has 0 saturated carbocycles. The Labute approximate surface area is 232 Å². The number of hydrazone groups is 1. The largest absolute Gasteiger partial charge is 0.490 e.